The molecule has 1 amide bonds. The molecule has 0 unspecified atom stereocenters. The van der Waals surface area contributed by atoms with Crippen LogP contribution in [-0.2, 0) is 6.54 Å². The van der Waals surface area contributed by atoms with E-state index in [2.05, 4.69) is 76.4 Å². The molecule has 4 rings (SSSR count). The number of carbonyl (C=O) groups is 1. The van der Waals surface area contributed by atoms with Crippen LogP contribution in [0.1, 0.15) is 34.0 Å². The van der Waals surface area contributed by atoms with Gasteiger partial charge in [-0.3, -0.25) is 10.2 Å². The van der Waals surface area contributed by atoms with Crippen LogP contribution in [0.5, 0.6) is 0 Å². The minimum Gasteiger partial charge on any atom is -0.336 e. The SMILES string of the molecule is CCNNC(=O)c1ccc(CN2c3ccccc3C=Cc3ccccc32)cc1. The largest absolute Gasteiger partial charge is 0.336 e. The van der Waals surface area contributed by atoms with Crippen molar-refractivity contribution in [2.24, 2.45) is 0 Å². The number of hydrogen-bond donors (Lipinski definition) is 2. The minimum absolute atomic E-state index is 0.122. The Bertz CT molecular complexity index is 959. The molecule has 1 aliphatic rings. The summed E-state index contributed by atoms with van der Waals surface area (Å²) >= 11 is 0. The summed E-state index contributed by atoms with van der Waals surface area (Å²) in [6, 6.07) is 24.6. The van der Waals surface area contributed by atoms with Crippen molar-refractivity contribution in [1.82, 2.24) is 10.9 Å². The Hall–Kier alpha value is -3.37. The van der Waals surface area contributed by atoms with E-state index in [9.17, 15) is 4.79 Å². The fourth-order valence-electron chi connectivity index (χ4n) is 3.41. The first-order valence-electron chi connectivity index (χ1n) is 9.52. The van der Waals surface area contributed by atoms with Gasteiger partial charge in [-0.15, -0.1) is 0 Å². The molecule has 140 valence electrons. The fraction of sp³-hybridized carbons (Fsp3) is 0.125. The summed E-state index contributed by atoms with van der Waals surface area (Å²) in [6.45, 7) is 3.35. The second-order valence-electron chi connectivity index (χ2n) is 6.72. The quantitative estimate of drug-likeness (QED) is 0.637. The molecule has 0 atom stereocenters. The highest BCUT2D eigenvalue weighted by molar-refractivity contribution is 5.94. The zero-order valence-corrected chi connectivity index (χ0v) is 15.9. The summed E-state index contributed by atoms with van der Waals surface area (Å²) in [5.74, 6) is -0.122. The number of anilines is 2. The number of benzene rings is 3. The van der Waals surface area contributed by atoms with Crippen molar-refractivity contribution >= 4 is 29.4 Å². The third-order valence-electron chi connectivity index (χ3n) is 4.83. The maximum atomic E-state index is 12.1. The lowest BCUT2D eigenvalue weighted by Gasteiger charge is -2.27. The van der Waals surface area contributed by atoms with Gasteiger partial charge in [-0.2, -0.15) is 0 Å². The molecule has 28 heavy (non-hydrogen) atoms. The van der Waals surface area contributed by atoms with Gasteiger partial charge in [-0.1, -0.05) is 67.6 Å². The third kappa shape index (κ3) is 3.68. The molecule has 0 saturated carbocycles. The summed E-state index contributed by atoms with van der Waals surface area (Å²) in [4.78, 5) is 14.4. The molecule has 1 heterocycles. The number of rotatable bonds is 5. The molecule has 0 aliphatic carbocycles. The topological polar surface area (TPSA) is 44.4 Å². The van der Waals surface area contributed by atoms with Gasteiger partial charge in [0.2, 0.25) is 0 Å². The van der Waals surface area contributed by atoms with Crippen molar-refractivity contribution < 1.29 is 4.79 Å². The first kappa shape index (κ1) is 18.0. The molecule has 0 spiro atoms. The van der Waals surface area contributed by atoms with Gasteiger partial charge in [0, 0.05) is 30.0 Å². The van der Waals surface area contributed by atoms with E-state index in [4.69, 9.17) is 0 Å². The summed E-state index contributed by atoms with van der Waals surface area (Å²) < 4.78 is 0. The van der Waals surface area contributed by atoms with E-state index in [1.807, 2.05) is 31.2 Å². The molecular formula is C24H23N3O. The molecule has 4 heteroatoms. The number of para-hydroxylation sites is 2. The van der Waals surface area contributed by atoms with Crippen molar-refractivity contribution in [3.63, 3.8) is 0 Å². The highest BCUT2D eigenvalue weighted by Crippen LogP contribution is 2.37. The molecule has 3 aromatic rings. The van der Waals surface area contributed by atoms with Crippen LogP contribution in [-0.4, -0.2) is 12.5 Å². The molecule has 2 N–H and O–H groups in total. The number of nitrogens with zero attached hydrogens (tertiary/aromatic N) is 1. The van der Waals surface area contributed by atoms with Gasteiger partial charge in [0.25, 0.3) is 5.91 Å². The van der Waals surface area contributed by atoms with Crippen molar-refractivity contribution in [2.75, 3.05) is 11.4 Å². The first-order chi connectivity index (χ1) is 13.8. The monoisotopic (exact) mass is 369 g/mol. The smallest absolute Gasteiger partial charge is 0.265 e. The third-order valence-corrected chi connectivity index (χ3v) is 4.83. The van der Waals surface area contributed by atoms with Gasteiger partial charge in [0.15, 0.2) is 0 Å². The molecular weight excluding hydrogens is 346 g/mol. The van der Waals surface area contributed by atoms with Gasteiger partial charge in [-0.05, 0) is 41.0 Å². The zero-order chi connectivity index (χ0) is 19.3. The van der Waals surface area contributed by atoms with E-state index in [0.29, 0.717) is 12.1 Å². The van der Waals surface area contributed by atoms with Gasteiger partial charge >= 0.3 is 0 Å². The summed E-state index contributed by atoms with van der Waals surface area (Å²) in [5, 5.41) is 0. The number of fused-ring (bicyclic) bond motifs is 2. The Labute approximate surface area is 165 Å². The molecule has 3 aromatic carbocycles. The first-order valence-corrected chi connectivity index (χ1v) is 9.52. The lowest BCUT2D eigenvalue weighted by atomic mass is 10.1. The van der Waals surface area contributed by atoms with E-state index in [0.717, 1.165) is 12.1 Å². The van der Waals surface area contributed by atoms with Crippen LogP contribution in [0, 0.1) is 0 Å². The Kier molecular flexibility index (Phi) is 5.22. The summed E-state index contributed by atoms with van der Waals surface area (Å²) in [7, 11) is 0. The second-order valence-corrected chi connectivity index (χ2v) is 6.72. The van der Waals surface area contributed by atoms with Crippen LogP contribution < -0.4 is 15.8 Å². The Morgan fingerprint density at radius 3 is 1.96 bits per heavy atom. The second kappa shape index (κ2) is 8.11. The van der Waals surface area contributed by atoms with E-state index in [1.165, 1.54) is 22.5 Å². The van der Waals surface area contributed by atoms with Gasteiger partial charge in [0.1, 0.15) is 0 Å². The lowest BCUT2D eigenvalue weighted by molar-refractivity contribution is 0.0934. The molecule has 0 bridgehead atoms. The Morgan fingerprint density at radius 1 is 0.821 bits per heavy atom. The maximum absolute atomic E-state index is 12.1. The predicted molar refractivity (Wildman–Crippen MR) is 115 cm³/mol. The van der Waals surface area contributed by atoms with Gasteiger partial charge < -0.3 is 4.90 Å². The van der Waals surface area contributed by atoms with E-state index in [-0.39, 0.29) is 5.91 Å². The predicted octanol–water partition coefficient (Wildman–Crippen LogP) is 4.76. The van der Waals surface area contributed by atoms with E-state index in [1.54, 1.807) is 0 Å². The molecule has 4 nitrogen and oxygen atoms in total. The van der Waals surface area contributed by atoms with Crippen LogP contribution in [0.15, 0.2) is 72.8 Å². The molecule has 0 fully saturated rings. The zero-order valence-electron chi connectivity index (χ0n) is 15.9. The van der Waals surface area contributed by atoms with Crippen LogP contribution in [0.4, 0.5) is 11.4 Å². The molecule has 0 saturated heterocycles. The standard InChI is InChI=1S/C24H23N3O/c1-2-25-26-24(28)21-13-11-18(12-14-21)17-27-22-9-5-3-7-19(22)15-16-20-8-4-6-10-23(20)27/h3-16,25H,2,17H2,1H3,(H,26,28). The van der Waals surface area contributed by atoms with E-state index >= 15 is 0 Å². The summed E-state index contributed by atoms with van der Waals surface area (Å²) in [6.07, 6.45) is 4.34. The van der Waals surface area contributed by atoms with Crippen molar-refractivity contribution in [2.45, 2.75) is 13.5 Å². The lowest BCUT2D eigenvalue weighted by Crippen LogP contribution is -2.37. The highest BCUT2D eigenvalue weighted by Gasteiger charge is 2.18. The Balaban J connectivity index is 1.64. The number of carbonyl (C=O) groups excluding carboxylic acids is 1. The summed E-state index contributed by atoms with van der Waals surface area (Å²) in [5.41, 5.74) is 12.1. The number of hydrogen-bond acceptors (Lipinski definition) is 3. The van der Waals surface area contributed by atoms with Crippen molar-refractivity contribution in [3.8, 4) is 0 Å². The minimum atomic E-state index is -0.122. The fourth-order valence-corrected chi connectivity index (χ4v) is 3.41. The average Bonchev–Trinajstić information content (AvgIpc) is 2.90. The van der Waals surface area contributed by atoms with E-state index < -0.39 is 0 Å². The highest BCUT2D eigenvalue weighted by atomic mass is 16.2. The van der Waals surface area contributed by atoms with Gasteiger partial charge in [0.05, 0.1) is 0 Å². The van der Waals surface area contributed by atoms with Crippen molar-refractivity contribution in [3.05, 3.63) is 95.1 Å². The van der Waals surface area contributed by atoms with Crippen LogP contribution in [0.2, 0.25) is 0 Å². The maximum Gasteiger partial charge on any atom is 0.265 e. The molecule has 1 aliphatic heterocycles. The normalized spacial score (nSPS) is 12.1. The van der Waals surface area contributed by atoms with Crippen molar-refractivity contribution in [1.29, 1.82) is 0 Å². The number of nitrogens with one attached hydrogen (secondary N) is 2. The van der Waals surface area contributed by atoms with Crippen LogP contribution in [0.25, 0.3) is 12.2 Å². The molecule has 0 aromatic heterocycles. The number of amides is 1. The average molecular weight is 369 g/mol. The molecule has 0 radical (unpaired) electrons. The number of hydrazine groups is 1. The van der Waals surface area contributed by atoms with Crippen LogP contribution >= 0.6 is 0 Å². The van der Waals surface area contributed by atoms with Gasteiger partial charge in [-0.25, -0.2) is 5.43 Å². The Morgan fingerprint density at radius 2 is 1.39 bits per heavy atom. The van der Waals surface area contributed by atoms with Crippen LogP contribution in [0.3, 0.4) is 0 Å².